The Balaban J connectivity index is 1.75. The van der Waals surface area contributed by atoms with Crippen LogP contribution in [0.2, 0.25) is 0 Å². The Labute approximate surface area is 126 Å². The van der Waals surface area contributed by atoms with Gasteiger partial charge in [0.25, 0.3) is 0 Å². The molecule has 3 rings (SSSR count). The molecule has 1 amide bonds. The minimum absolute atomic E-state index is 0.106. The molecule has 0 aliphatic carbocycles. The number of carbonyl (C=O) groups is 1. The third kappa shape index (κ3) is 2.83. The Morgan fingerprint density at radius 2 is 2.10 bits per heavy atom. The van der Waals surface area contributed by atoms with Crippen molar-refractivity contribution in [1.29, 1.82) is 0 Å². The molecule has 2 heterocycles. The average molecular weight is 288 g/mol. The molecule has 4 atom stereocenters. The number of amides is 1. The highest BCUT2D eigenvalue weighted by Gasteiger charge is 2.44. The molecule has 0 saturated carbocycles. The molecular weight excluding hydrogens is 264 g/mol. The van der Waals surface area contributed by atoms with E-state index in [1.54, 1.807) is 0 Å². The SMILES string of the molecule is CCC1NC(Cc2ccccc2)C(=O)N1C1CCOC1C. The van der Waals surface area contributed by atoms with Crippen LogP contribution in [0.3, 0.4) is 0 Å². The van der Waals surface area contributed by atoms with Crippen molar-refractivity contribution >= 4 is 5.91 Å². The van der Waals surface area contributed by atoms with Crippen molar-refractivity contribution in [3.63, 3.8) is 0 Å². The normalized spacial score (nSPS) is 32.9. The van der Waals surface area contributed by atoms with E-state index in [1.165, 1.54) is 5.56 Å². The maximum atomic E-state index is 12.8. The van der Waals surface area contributed by atoms with E-state index in [1.807, 2.05) is 23.1 Å². The number of hydrogen-bond acceptors (Lipinski definition) is 3. The van der Waals surface area contributed by atoms with Gasteiger partial charge in [-0.1, -0.05) is 37.3 Å². The summed E-state index contributed by atoms with van der Waals surface area (Å²) in [4.78, 5) is 14.9. The van der Waals surface area contributed by atoms with Crippen molar-refractivity contribution in [3.8, 4) is 0 Å². The second-order valence-corrected chi connectivity index (χ2v) is 6.01. The highest BCUT2D eigenvalue weighted by atomic mass is 16.5. The van der Waals surface area contributed by atoms with Crippen molar-refractivity contribution in [1.82, 2.24) is 10.2 Å². The van der Waals surface area contributed by atoms with Crippen molar-refractivity contribution in [2.75, 3.05) is 6.61 Å². The van der Waals surface area contributed by atoms with E-state index in [0.29, 0.717) is 0 Å². The summed E-state index contributed by atoms with van der Waals surface area (Å²) in [7, 11) is 0. The molecule has 0 radical (unpaired) electrons. The van der Waals surface area contributed by atoms with Gasteiger partial charge in [-0.05, 0) is 31.7 Å². The Morgan fingerprint density at radius 1 is 1.33 bits per heavy atom. The molecule has 2 saturated heterocycles. The number of nitrogens with one attached hydrogen (secondary N) is 1. The molecule has 1 aromatic carbocycles. The summed E-state index contributed by atoms with van der Waals surface area (Å²) < 4.78 is 5.65. The third-order valence-electron chi connectivity index (χ3n) is 4.64. The molecule has 1 aromatic rings. The molecule has 4 unspecified atom stereocenters. The second kappa shape index (κ2) is 6.16. The first-order valence-electron chi connectivity index (χ1n) is 7.94. The number of nitrogens with zero attached hydrogens (tertiary/aromatic N) is 1. The lowest BCUT2D eigenvalue weighted by molar-refractivity contribution is -0.133. The molecule has 2 fully saturated rings. The van der Waals surface area contributed by atoms with Crippen LogP contribution in [0.1, 0.15) is 32.3 Å². The number of hydrogen-bond donors (Lipinski definition) is 1. The van der Waals surface area contributed by atoms with Crippen LogP contribution in [-0.2, 0) is 16.0 Å². The van der Waals surface area contributed by atoms with Gasteiger partial charge >= 0.3 is 0 Å². The molecule has 2 aliphatic heterocycles. The number of carbonyl (C=O) groups excluding carboxylic acids is 1. The molecule has 2 aliphatic rings. The van der Waals surface area contributed by atoms with Crippen LogP contribution in [0.5, 0.6) is 0 Å². The predicted octanol–water partition coefficient (Wildman–Crippen LogP) is 1.94. The van der Waals surface area contributed by atoms with E-state index >= 15 is 0 Å². The van der Waals surface area contributed by atoms with Gasteiger partial charge in [-0.2, -0.15) is 0 Å². The Hall–Kier alpha value is -1.39. The topological polar surface area (TPSA) is 41.6 Å². The lowest BCUT2D eigenvalue weighted by Crippen LogP contribution is -2.47. The van der Waals surface area contributed by atoms with E-state index in [2.05, 4.69) is 31.3 Å². The number of rotatable bonds is 4. The van der Waals surface area contributed by atoms with Crippen LogP contribution in [0.25, 0.3) is 0 Å². The highest BCUT2D eigenvalue weighted by Crippen LogP contribution is 2.27. The summed E-state index contributed by atoms with van der Waals surface area (Å²) >= 11 is 0. The quantitative estimate of drug-likeness (QED) is 0.920. The molecule has 1 N–H and O–H groups in total. The van der Waals surface area contributed by atoms with E-state index in [0.717, 1.165) is 25.9 Å². The summed E-state index contributed by atoms with van der Waals surface area (Å²) in [6, 6.07) is 10.3. The van der Waals surface area contributed by atoms with Crippen LogP contribution in [0.4, 0.5) is 0 Å². The number of benzene rings is 1. The van der Waals surface area contributed by atoms with Crippen molar-refractivity contribution in [2.45, 2.75) is 57.5 Å². The van der Waals surface area contributed by atoms with Gasteiger partial charge in [0.05, 0.1) is 24.4 Å². The Morgan fingerprint density at radius 3 is 2.71 bits per heavy atom. The van der Waals surface area contributed by atoms with Crippen LogP contribution in [0, 0.1) is 0 Å². The first kappa shape index (κ1) is 14.5. The molecule has 0 spiro atoms. The maximum Gasteiger partial charge on any atom is 0.241 e. The van der Waals surface area contributed by atoms with E-state index in [4.69, 9.17) is 4.74 Å². The summed E-state index contributed by atoms with van der Waals surface area (Å²) in [5, 5.41) is 3.51. The summed E-state index contributed by atoms with van der Waals surface area (Å²) in [6.45, 7) is 4.96. The fourth-order valence-electron chi connectivity index (χ4n) is 3.51. The Bertz CT molecular complexity index is 491. The van der Waals surface area contributed by atoms with Crippen molar-refractivity contribution in [2.24, 2.45) is 0 Å². The average Bonchev–Trinajstić information content (AvgIpc) is 3.04. The number of ether oxygens (including phenoxy) is 1. The lowest BCUT2D eigenvalue weighted by atomic mass is 10.0. The first-order chi connectivity index (χ1) is 10.2. The van der Waals surface area contributed by atoms with Crippen LogP contribution in [0.15, 0.2) is 30.3 Å². The molecule has 114 valence electrons. The lowest BCUT2D eigenvalue weighted by Gasteiger charge is -2.31. The molecule has 0 aromatic heterocycles. The highest BCUT2D eigenvalue weighted by molar-refractivity contribution is 5.85. The van der Waals surface area contributed by atoms with Gasteiger partial charge in [0.1, 0.15) is 0 Å². The van der Waals surface area contributed by atoms with Gasteiger partial charge in [0.15, 0.2) is 0 Å². The van der Waals surface area contributed by atoms with Gasteiger partial charge in [0, 0.05) is 6.61 Å². The van der Waals surface area contributed by atoms with Crippen molar-refractivity contribution in [3.05, 3.63) is 35.9 Å². The maximum absolute atomic E-state index is 12.8. The van der Waals surface area contributed by atoms with Crippen molar-refractivity contribution < 1.29 is 9.53 Å². The van der Waals surface area contributed by atoms with E-state index < -0.39 is 0 Å². The zero-order chi connectivity index (χ0) is 14.8. The largest absolute Gasteiger partial charge is 0.376 e. The summed E-state index contributed by atoms with van der Waals surface area (Å²) in [5.41, 5.74) is 1.20. The van der Waals surface area contributed by atoms with E-state index in [9.17, 15) is 4.79 Å². The zero-order valence-corrected chi connectivity index (χ0v) is 12.8. The van der Waals surface area contributed by atoms with E-state index in [-0.39, 0.29) is 30.3 Å². The van der Waals surface area contributed by atoms with Crippen LogP contribution in [-0.4, -0.2) is 41.8 Å². The Kier molecular flexibility index (Phi) is 4.27. The smallest absolute Gasteiger partial charge is 0.241 e. The van der Waals surface area contributed by atoms with Gasteiger partial charge < -0.3 is 9.64 Å². The fraction of sp³-hybridized carbons (Fsp3) is 0.588. The standard InChI is InChI=1S/C17H24N2O2/c1-3-16-18-14(11-13-7-5-4-6-8-13)17(20)19(16)15-9-10-21-12(15)2/h4-8,12,14-16,18H,3,9-11H2,1-2H3. The van der Waals surface area contributed by atoms with Gasteiger partial charge in [-0.25, -0.2) is 0 Å². The first-order valence-corrected chi connectivity index (χ1v) is 7.94. The summed E-state index contributed by atoms with van der Waals surface area (Å²) in [6.07, 6.45) is 2.92. The molecule has 21 heavy (non-hydrogen) atoms. The minimum atomic E-state index is -0.106. The zero-order valence-electron chi connectivity index (χ0n) is 12.8. The van der Waals surface area contributed by atoms with Crippen LogP contribution < -0.4 is 5.32 Å². The fourth-order valence-corrected chi connectivity index (χ4v) is 3.51. The molecule has 4 nitrogen and oxygen atoms in total. The summed E-state index contributed by atoms with van der Waals surface area (Å²) in [5.74, 6) is 0.230. The minimum Gasteiger partial charge on any atom is -0.376 e. The monoisotopic (exact) mass is 288 g/mol. The predicted molar refractivity (Wildman–Crippen MR) is 81.8 cm³/mol. The van der Waals surface area contributed by atoms with Crippen LogP contribution >= 0.6 is 0 Å². The van der Waals surface area contributed by atoms with Gasteiger partial charge in [-0.15, -0.1) is 0 Å². The third-order valence-corrected chi connectivity index (χ3v) is 4.64. The molecule has 0 bridgehead atoms. The van der Waals surface area contributed by atoms with Gasteiger partial charge in [-0.3, -0.25) is 10.1 Å². The van der Waals surface area contributed by atoms with Gasteiger partial charge in [0.2, 0.25) is 5.91 Å². The molecular formula is C17H24N2O2. The molecule has 4 heteroatoms. The second-order valence-electron chi connectivity index (χ2n) is 6.01.